The highest BCUT2D eigenvalue weighted by Gasteiger charge is 2.16. The van der Waals surface area contributed by atoms with E-state index < -0.39 is 5.56 Å². The van der Waals surface area contributed by atoms with Crippen LogP contribution in [0, 0.1) is 11.3 Å². The molecular formula is C23H18N4O3S. The van der Waals surface area contributed by atoms with Gasteiger partial charge in [-0.15, -0.1) is 0 Å². The largest absolute Gasteiger partial charge is 0.496 e. The Labute approximate surface area is 182 Å². The fraction of sp³-hybridized carbons (Fsp3) is 0.130. The number of nitrogens with one attached hydrogen (secondary N) is 1. The molecule has 0 atom stereocenters. The van der Waals surface area contributed by atoms with E-state index in [1.165, 1.54) is 11.8 Å². The molecule has 0 aliphatic carbocycles. The Kier molecular flexibility index (Phi) is 5.87. The van der Waals surface area contributed by atoms with E-state index in [2.05, 4.69) is 15.0 Å². The fourth-order valence-corrected chi connectivity index (χ4v) is 3.63. The van der Waals surface area contributed by atoms with E-state index in [-0.39, 0.29) is 12.2 Å². The van der Waals surface area contributed by atoms with E-state index in [1.807, 2.05) is 42.5 Å². The van der Waals surface area contributed by atoms with Crippen LogP contribution in [0.4, 0.5) is 0 Å². The molecule has 2 aromatic heterocycles. The van der Waals surface area contributed by atoms with Crippen molar-refractivity contribution in [3.05, 3.63) is 76.2 Å². The molecule has 2 heterocycles. The van der Waals surface area contributed by atoms with Crippen molar-refractivity contribution in [1.29, 1.82) is 5.26 Å². The Bertz CT molecular complexity index is 1360. The summed E-state index contributed by atoms with van der Waals surface area (Å²) in [5, 5.41) is 10.9. The number of aromatic amines is 1. The highest BCUT2D eigenvalue weighted by Crippen LogP contribution is 2.30. The number of ether oxygens (including phenoxy) is 2. The van der Waals surface area contributed by atoms with Gasteiger partial charge in [-0.2, -0.15) is 5.26 Å². The van der Waals surface area contributed by atoms with Gasteiger partial charge in [0.05, 0.1) is 12.8 Å². The molecular weight excluding hydrogens is 412 g/mol. The van der Waals surface area contributed by atoms with Crippen molar-refractivity contribution in [2.75, 3.05) is 13.4 Å². The Morgan fingerprint density at radius 1 is 1.16 bits per heavy atom. The van der Waals surface area contributed by atoms with Crippen LogP contribution in [0.3, 0.4) is 0 Å². The summed E-state index contributed by atoms with van der Waals surface area (Å²) >= 11 is 1.30. The molecule has 0 unspecified atom stereocenters. The number of benzene rings is 2. The zero-order valence-corrected chi connectivity index (χ0v) is 17.7. The summed E-state index contributed by atoms with van der Waals surface area (Å²) < 4.78 is 11.5. The fourth-order valence-electron chi connectivity index (χ4n) is 3.25. The minimum atomic E-state index is -0.465. The molecule has 2 aromatic carbocycles. The van der Waals surface area contributed by atoms with Gasteiger partial charge in [0.1, 0.15) is 35.3 Å². The van der Waals surface area contributed by atoms with Gasteiger partial charge in [0.25, 0.3) is 5.56 Å². The number of nitriles is 1. The molecule has 0 bridgehead atoms. The minimum Gasteiger partial charge on any atom is -0.496 e. The number of hydrogen-bond donors (Lipinski definition) is 1. The monoisotopic (exact) mass is 430 g/mol. The van der Waals surface area contributed by atoms with E-state index >= 15 is 0 Å². The van der Waals surface area contributed by atoms with Crippen molar-refractivity contribution in [2.45, 2.75) is 11.8 Å². The van der Waals surface area contributed by atoms with Crippen LogP contribution in [0.25, 0.3) is 22.2 Å². The number of nitrogens with zero attached hydrogens (tertiary/aromatic N) is 3. The molecule has 7 nitrogen and oxygen atoms in total. The molecule has 4 aromatic rings. The first-order valence-electron chi connectivity index (χ1n) is 9.37. The average Bonchev–Trinajstić information content (AvgIpc) is 2.81. The molecule has 0 fully saturated rings. The number of thioether (sulfide) groups is 1. The zero-order chi connectivity index (χ0) is 21.8. The lowest BCUT2D eigenvalue weighted by Gasteiger charge is -2.13. The number of aromatic nitrogens is 3. The summed E-state index contributed by atoms with van der Waals surface area (Å²) in [6.07, 6.45) is 3.53. The SMILES string of the molecule is COc1ccc(-c2nc(SC)[nH]c(=O)c2C#N)cc1COc1cccc2cccnc12. The number of para-hydroxylation sites is 1. The lowest BCUT2D eigenvalue weighted by molar-refractivity contribution is 0.299. The Morgan fingerprint density at radius 2 is 2.00 bits per heavy atom. The van der Waals surface area contributed by atoms with Gasteiger partial charge in [-0.05, 0) is 36.6 Å². The first-order chi connectivity index (χ1) is 15.1. The number of pyridine rings is 1. The summed E-state index contributed by atoms with van der Waals surface area (Å²) in [6.45, 7) is 0.215. The summed E-state index contributed by atoms with van der Waals surface area (Å²) in [4.78, 5) is 23.7. The Hall–Kier alpha value is -3.83. The molecule has 4 rings (SSSR count). The summed E-state index contributed by atoms with van der Waals surface area (Å²) in [5.74, 6) is 1.28. The van der Waals surface area contributed by atoms with Crippen molar-refractivity contribution >= 4 is 22.7 Å². The minimum absolute atomic E-state index is 0.0342. The molecule has 0 aliphatic heterocycles. The molecule has 0 amide bonds. The van der Waals surface area contributed by atoms with E-state index in [4.69, 9.17) is 9.47 Å². The van der Waals surface area contributed by atoms with Crippen molar-refractivity contribution in [3.8, 4) is 28.8 Å². The van der Waals surface area contributed by atoms with Crippen LogP contribution >= 0.6 is 11.8 Å². The predicted molar refractivity (Wildman–Crippen MR) is 119 cm³/mol. The highest BCUT2D eigenvalue weighted by atomic mass is 32.2. The van der Waals surface area contributed by atoms with Crippen molar-refractivity contribution in [3.63, 3.8) is 0 Å². The molecule has 8 heteroatoms. The molecule has 0 spiro atoms. The standard InChI is InChI=1S/C23H18N4O3S/c1-29-18-9-8-15(20-17(12-24)22(28)27-23(26-20)31-2)11-16(18)13-30-19-7-3-5-14-6-4-10-25-21(14)19/h3-11H,13H2,1-2H3,(H,26,27,28). The summed E-state index contributed by atoms with van der Waals surface area (Å²) in [7, 11) is 1.58. The van der Waals surface area contributed by atoms with Gasteiger partial charge in [-0.3, -0.25) is 9.78 Å². The molecule has 1 N–H and O–H groups in total. The van der Waals surface area contributed by atoms with Crippen LogP contribution in [-0.4, -0.2) is 28.3 Å². The second kappa shape index (κ2) is 8.90. The molecule has 0 aliphatic rings. The van der Waals surface area contributed by atoms with Crippen LogP contribution in [0.5, 0.6) is 11.5 Å². The first kappa shape index (κ1) is 20.4. The Morgan fingerprint density at radius 3 is 2.77 bits per heavy atom. The van der Waals surface area contributed by atoms with Crippen LogP contribution in [0.15, 0.2) is 64.7 Å². The second-order valence-electron chi connectivity index (χ2n) is 6.56. The van der Waals surface area contributed by atoms with Crippen molar-refractivity contribution in [1.82, 2.24) is 15.0 Å². The molecule has 0 saturated carbocycles. The number of rotatable bonds is 6. The van der Waals surface area contributed by atoms with E-state index in [9.17, 15) is 10.1 Å². The molecule has 31 heavy (non-hydrogen) atoms. The lowest BCUT2D eigenvalue weighted by atomic mass is 10.0. The molecule has 0 saturated heterocycles. The number of methoxy groups -OCH3 is 1. The van der Waals surface area contributed by atoms with E-state index in [0.29, 0.717) is 27.9 Å². The maximum Gasteiger partial charge on any atom is 0.270 e. The normalized spacial score (nSPS) is 10.6. The van der Waals surface area contributed by atoms with Gasteiger partial charge in [0, 0.05) is 22.7 Å². The van der Waals surface area contributed by atoms with E-state index in [1.54, 1.807) is 31.7 Å². The van der Waals surface area contributed by atoms with Gasteiger partial charge < -0.3 is 14.5 Å². The predicted octanol–water partition coefficient (Wildman–Crippen LogP) is 4.17. The third-order valence-corrected chi connectivity index (χ3v) is 5.32. The highest BCUT2D eigenvalue weighted by molar-refractivity contribution is 7.98. The maximum absolute atomic E-state index is 12.3. The second-order valence-corrected chi connectivity index (χ2v) is 7.35. The maximum atomic E-state index is 12.3. The van der Waals surface area contributed by atoms with Crippen LogP contribution < -0.4 is 15.0 Å². The van der Waals surface area contributed by atoms with Crippen molar-refractivity contribution in [2.24, 2.45) is 0 Å². The third-order valence-electron chi connectivity index (χ3n) is 4.74. The van der Waals surface area contributed by atoms with Gasteiger partial charge >= 0.3 is 0 Å². The van der Waals surface area contributed by atoms with Crippen LogP contribution in [0.2, 0.25) is 0 Å². The topological polar surface area (TPSA) is 101 Å². The van der Waals surface area contributed by atoms with Crippen LogP contribution in [0.1, 0.15) is 11.1 Å². The van der Waals surface area contributed by atoms with Gasteiger partial charge in [0.15, 0.2) is 5.16 Å². The van der Waals surface area contributed by atoms with Gasteiger partial charge in [-0.1, -0.05) is 30.0 Å². The summed E-state index contributed by atoms with van der Waals surface area (Å²) in [5.41, 5.74) is 1.98. The number of H-pyrrole nitrogens is 1. The van der Waals surface area contributed by atoms with Crippen molar-refractivity contribution < 1.29 is 9.47 Å². The number of fused-ring (bicyclic) bond motifs is 1. The summed E-state index contributed by atoms with van der Waals surface area (Å²) in [6, 6.07) is 16.9. The third kappa shape index (κ3) is 4.09. The van der Waals surface area contributed by atoms with Crippen LogP contribution in [-0.2, 0) is 6.61 Å². The average molecular weight is 430 g/mol. The molecule has 0 radical (unpaired) electrons. The van der Waals surface area contributed by atoms with Gasteiger partial charge in [-0.25, -0.2) is 4.98 Å². The molecule has 154 valence electrons. The smallest absolute Gasteiger partial charge is 0.270 e. The lowest BCUT2D eigenvalue weighted by Crippen LogP contribution is -2.14. The number of hydrogen-bond acceptors (Lipinski definition) is 7. The quantitative estimate of drug-likeness (QED) is 0.362. The Balaban J connectivity index is 1.73. The van der Waals surface area contributed by atoms with Gasteiger partial charge in [0.2, 0.25) is 0 Å². The zero-order valence-electron chi connectivity index (χ0n) is 16.9. The van der Waals surface area contributed by atoms with E-state index in [0.717, 1.165) is 16.5 Å². The first-order valence-corrected chi connectivity index (χ1v) is 10.6.